The van der Waals surface area contributed by atoms with Crippen molar-refractivity contribution in [3.05, 3.63) is 65.7 Å². The molecule has 0 saturated heterocycles. The van der Waals surface area contributed by atoms with Crippen LogP contribution in [0.15, 0.2) is 54.6 Å². The second kappa shape index (κ2) is 7.31. The van der Waals surface area contributed by atoms with Gasteiger partial charge in [-0.25, -0.2) is 5.48 Å². The van der Waals surface area contributed by atoms with Gasteiger partial charge in [-0.2, -0.15) is 0 Å². The Morgan fingerprint density at radius 1 is 1.05 bits per heavy atom. The summed E-state index contributed by atoms with van der Waals surface area (Å²) in [7, 11) is 0. The molecule has 4 heteroatoms. The lowest BCUT2D eigenvalue weighted by molar-refractivity contribution is -0.136. The number of carbonyl (C=O) groups excluding carboxylic acids is 1. The molecule has 2 aromatic rings. The SMILES string of the molecule is Cc1ccc(OCC(=O)NOCc2ccccc2)cc1. The van der Waals surface area contributed by atoms with Crippen LogP contribution >= 0.6 is 0 Å². The number of hydroxylamine groups is 1. The van der Waals surface area contributed by atoms with Gasteiger partial charge in [-0.3, -0.25) is 9.63 Å². The van der Waals surface area contributed by atoms with E-state index >= 15 is 0 Å². The molecular formula is C16H17NO3. The minimum Gasteiger partial charge on any atom is -0.484 e. The van der Waals surface area contributed by atoms with Crippen molar-refractivity contribution in [2.75, 3.05) is 6.61 Å². The number of aryl methyl sites for hydroxylation is 1. The monoisotopic (exact) mass is 271 g/mol. The number of ether oxygens (including phenoxy) is 1. The maximum atomic E-state index is 11.5. The van der Waals surface area contributed by atoms with Gasteiger partial charge in [0, 0.05) is 0 Å². The van der Waals surface area contributed by atoms with Crippen LogP contribution in [0.3, 0.4) is 0 Å². The Bertz CT molecular complexity index is 537. The summed E-state index contributed by atoms with van der Waals surface area (Å²) in [5.74, 6) is 0.343. The summed E-state index contributed by atoms with van der Waals surface area (Å²) in [4.78, 5) is 16.6. The van der Waals surface area contributed by atoms with E-state index in [4.69, 9.17) is 9.57 Å². The first-order valence-corrected chi connectivity index (χ1v) is 6.38. The highest BCUT2D eigenvalue weighted by Crippen LogP contribution is 2.10. The molecule has 0 atom stereocenters. The summed E-state index contributed by atoms with van der Waals surface area (Å²) in [6, 6.07) is 17.1. The van der Waals surface area contributed by atoms with E-state index in [0.29, 0.717) is 12.4 Å². The maximum Gasteiger partial charge on any atom is 0.281 e. The van der Waals surface area contributed by atoms with Crippen LogP contribution in [0.1, 0.15) is 11.1 Å². The largest absolute Gasteiger partial charge is 0.484 e. The molecule has 0 bridgehead atoms. The van der Waals surface area contributed by atoms with Crippen LogP contribution in [-0.4, -0.2) is 12.5 Å². The predicted molar refractivity (Wildman–Crippen MR) is 76.0 cm³/mol. The van der Waals surface area contributed by atoms with Crippen molar-refractivity contribution >= 4 is 5.91 Å². The van der Waals surface area contributed by atoms with Crippen LogP contribution in [0.5, 0.6) is 5.75 Å². The summed E-state index contributed by atoms with van der Waals surface area (Å²) in [5, 5.41) is 0. The first kappa shape index (κ1) is 14.1. The van der Waals surface area contributed by atoms with E-state index < -0.39 is 0 Å². The topological polar surface area (TPSA) is 47.6 Å². The summed E-state index contributed by atoms with van der Waals surface area (Å²) >= 11 is 0. The number of hydrogen-bond donors (Lipinski definition) is 1. The summed E-state index contributed by atoms with van der Waals surface area (Å²) in [5.41, 5.74) is 4.49. The molecule has 0 aliphatic carbocycles. The van der Waals surface area contributed by atoms with Gasteiger partial charge < -0.3 is 4.74 Å². The quantitative estimate of drug-likeness (QED) is 0.822. The van der Waals surface area contributed by atoms with Crippen molar-refractivity contribution in [3.63, 3.8) is 0 Å². The molecule has 2 aromatic carbocycles. The number of nitrogens with one attached hydrogen (secondary N) is 1. The van der Waals surface area contributed by atoms with E-state index in [1.807, 2.05) is 61.5 Å². The van der Waals surface area contributed by atoms with Crippen LogP contribution in [0.2, 0.25) is 0 Å². The van der Waals surface area contributed by atoms with E-state index in [1.54, 1.807) is 0 Å². The third-order valence-corrected chi connectivity index (χ3v) is 2.66. The van der Waals surface area contributed by atoms with Crippen molar-refractivity contribution in [2.24, 2.45) is 0 Å². The van der Waals surface area contributed by atoms with Gasteiger partial charge in [0.25, 0.3) is 5.91 Å². The zero-order valence-corrected chi connectivity index (χ0v) is 11.3. The Morgan fingerprint density at radius 3 is 2.45 bits per heavy atom. The van der Waals surface area contributed by atoms with Gasteiger partial charge >= 0.3 is 0 Å². The Morgan fingerprint density at radius 2 is 1.75 bits per heavy atom. The van der Waals surface area contributed by atoms with Crippen molar-refractivity contribution < 1.29 is 14.4 Å². The fourth-order valence-corrected chi connectivity index (χ4v) is 1.59. The van der Waals surface area contributed by atoms with E-state index in [1.165, 1.54) is 0 Å². The molecule has 0 fully saturated rings. The summed E-state index contributed by atoms with van der Waals surface area (Å²) in [6.45, 7) is 2.25. The Kier molecular flexibility index (Phi) is 5.15. The van der Waals surface area contributed by atoms with E-state index in [2.05, 4.69) is 5.48 Å². The van der Waals surface area contributed by atoms with E-state index in [9.17, 15) is 4.79 Å². The molecule has 0 unspecified atom stereocenters. The summed E-state index contributed by atoms with van der Waals surface area (Å²) in [6.07, 6.45) is 0. The highest BCUT2D eigenvalue weighted by atomic mass is 16.7. The second-order valence-corrected chi connectivity index (χ2v) is 4.40. The van der Waals surface area contributed by atoms with Crippen molar-refractivity contribution in [2.45, 2.75) is 13.5 Å². The first-order chi connectivity index (χ1) is 9.74. The van der Waals surface area contributed by atoms with E-state index in [0.717, 1.165) is 11.1 Å². The standard InChI is InChI=1S/C16H17NO3/c1-13-7-9-15(10-8-13)19-12-16(18)17-20-11-14-5-3-2-4-6-14/h2-10H,11-12H2,1H3,(H,17,18). The fourth-order valence-electron chi connectivity index (χ4n) is 1.59. The van der Waals surface area contributed by atoms with Crippen LogP contribution < -0.4 is 10.2 Å². The third kappa shape index (κ3) is 4.74. The molecule has 1 N–H and O–H groups in total. The molecule has 0 aliphatic heterocycles. The number of amides is 1. The first-order valence-electron chi connectivity index (χ1n) is 6.38. The molecule has 2 rings (SSSR count). The molecule has 0 heterocycles. The average molecular weight is 271 g/mol. The Hall–Kier alpha value is -2.33. The smallest absolute Gasteiger partial charge is 0.281 e. The number of carbonyl (C=O) groups is 1. The molecule has 0 spiro atoms. The average Bonchev–Trinajstić information content (AvgIpc) is 2.48. The number of hydrogen-bond acceptors (Lipinski definition) is 3. The molecule has 0 aliphatic rings. The molecule has 0 aromatic heterocycles. The number of benzene rings is 2. The van der Waals surface area contributed by atoms with Crippen LogP contribution in [0, 0.1) is 6.92 Å². The van der Waals surface area contributed by atoms with Gasteiger partial charge in [-0.1, -0.05) is 48.0 Å². The van der Waals surface area contributed by atoms with Crippen LogP contribution in [-0.2, 0) is 16.2 Å². The Labute approximate surface area is 118 Å². The van der Waals surface area contributed by atoms with Gasteiger partial charge in [0.1, 0.15) is 5.75 Å². The van der Waals surface area contributed by atoms with Crippen molar-refractivity contribution in [1.29, 1.82) is 0 Å². The molecule has 20 heavy (non-hydrogen) atoms. The van der Waals surface area contributed by atoms with Gasteiger partial charge in [0.15, 0.2) is 6.61 Å². The summed E-state index contributed by atoms with van der Waals surface area (Å²) < 4.78 is 5.33. The fraction of sp³-hybridized carbons (Fsp3) is 0.188. The van der Waals surface area contributed by atoms with Crippen molar-refractivity contribution in [1.82, 2.24) is 5.48 Å². The lowest BCUT2D eigenvalue weighted by atomic mass is 10.2. The second-order valence-electron chi connectivity index (χ2n) is 4.40. The van der Waals surface area contributed by atoms with Gasteiger partial charge in [-0.15, -0.1) is 0 Å². The molecule has 104 valence electrons. The number of rotatable bonds is 6. The molecular weight excluding hydrogens is 254 g/mol. The predicted octanol–water partition coefficient (Wildman–Crippen LogP) is 2.62. The molecule has 4 nitrogen and oxygen atoms in total. The van der Waals surface area contributed by atoms with Crippen LogP contribution in [0.25, 0.3) is 0 Å². The zero-order chi connectivity index (χ0) is 14.2. The van der Waals surface area contributed by atoms with Gasteiger partial charge in [0.05, 0.1) is 6.61 Å². The maximum absolute atomic E-state index is 11.5. The van der Waals surface area contributed by atoms with Gasteiger partial charge in [-0.05, 0) is 24.6 Å². The molecule has 0 saturated carbocycles. The zero-order valence-electron chi connectivity index (χ0n) is 11.3. The normalized spacial score (nSPS) is 10.1. The lowest BCUT2D eigenvalue weighted by Gasteiger charge is -2.08. The van der Waals surface area contributed by atoms with E-state index in [-0.39, 0.29) is 12.5 Å². The lowest BCUT2D eigenvalue weighted by Crippen LogP contribution is -2.28. The van der Waals surface area contributed by atoms with Crippen LogP contribution in [0.4, 0.5) is 0 Å². The molecule has 0 radical (unpaired) electrons. The highest BCUT2D eigenvalue weighted by Gasteiger charge is 2.02. The Balaban J connectivity index is 1.67. The minimum atomic E-state index is -0.318. The van der Waals surface area contributed by atoms with Crippen molar-refractivity contribution in [3.8, 4) is 5.75 Å². The van der Waals surface area contributed by atoms with Gasteiger partial charge in [0.2, 0.25) is 0 Å². The minimum absolute atomic E-state index is 0.0716. The molecule has 1 amide bonds. The highest BCUT2D eigenvalue weighted by molar-refractivity contribution is 5.76. The third-order valence-electron chi connectivity index (χ3n) is 2.66.